The summed E-state index contributed by atoms with van der Waals surface area (Å²) < 4.78 is 37.9. The summed E-state index contributed by atoms with van der Waals surface area (Å²) in [5, 5.41) is 5.09. The van der Waals surface area contributed by atoms with Gasteiger partial charge in [-0.05, 0) is 30.4 Å². The summed E-state index contributed by atoms with van der Waals surface area (Å²) in [4.78, 5) is 0. The van der Waals surface area contributed by atoms with Gasteiger partial charge in [0, 0.05) is 12.1 Å². The van der Waals surface area contributed by atoms with Crippen molar-refractivity contribution in [3.63, 3.8) is 0 Å². The number of benzene rings is 1. The maximum atomic E-state index is 12.6. The molecule has 0 unspecified atom stereocenters. The van der Waals surface area contributed by atoms with Crippen LogP contribution in [0.5, 0.6) is 0 Å². The van der Waals surface area contributed by atoms with Crippen LogP contribution in [0.4, 0.5) is 18.9 Å². The fraction of sp³-hybridized carbons (Fsp3) is 0.222. The normalized spacial score (nSPS) is 11.1. The van der Waals surface area contributed by atoms with Crippen molar-refractivity contribution in [2.75, 3.05) is 12.4 Å². The Hall–Kier alpha value is -1.01. The highest BCUT2D eigenvalue weighted by Crippen LogP contribution is 2.36. The lowest BCUT2D eigenvalue weighted by Gasteiger charge is -2.15. The number of alkyl halides is 3. The van der Waals surface area contributed by atoms with Gasteiger partial charge in [0.15, 0.2) is 5.11 Å². The Bertz CT molecular complexity index is 406. The molecule has 0 heterocycles. The van der Waals surface area contributed by atoms with Gasteiger partial charge in [0.05, 0.1) is 11.3 Å². The highest BCUT2D eigenvalue weighted by atomic mass is 35.5. The summed E-state index contributed by atoms with van der Waals surface area (Å²) in [6.07, 6.45) is -4.48. The minimum atomic E-state index is -4.48. The fourth-order valence-electron chi connectivity index (χ4n) is 1.04. The Morgan fingerprint density at radius 3 is 2.50 bits per heavy atom. The van der Waals surface area contributed by atoms with Crippen molar-refractivity contribution in [2.24, 2.45) is 0 Å². The van der Waals surface area contributed by atoms with E-state index in [0.717, 1.165) is 6.07 Å². The Balaban J connectivity index is 3.13. The molecule has 0 aliphatic rings. The third-order valence-corrected chi connectivity index (χ3v) is 2.30. The molecular formula is C9H8ClF3N2S. The van der Waals surface area contributed by atoms with Crippen LogP contribution in [-0.4, -0.2) is 12.2 Å². The molecule has 0 bridgehead atoms. The monoisotopic (exact) mass is 268 g/mol. The zero-order valence-electron chi connectivity index (χ0n) is 8.15. The van der Waals surface area contributed by atoms with Crippen LogP contribution in [0, 0.1) is 0 Å². The standard InChI is InChI=1S/C9H8ClF3N2S/c1-14-8(16)15-7-3-2-5(10)4-6(7)9(11,12)13/h2-4H,1H3,(H2,14,15,16). The van der Waals surface area contributed by atoms with Crippen LogP contribution >= 0.6 is 23.8 Å². The lowest BCUT2D eigenvalue weighted by molar-refractivity contribution is -0.136. The lowest BCUT2D eigenvalue weighted by Crippen LogP contribution is -2.25. The number of rotatable bonds is 1. The molecule has 0 fully saturated rings. The van der Waals surface area contributed by atoms with Crippen molar-refractivity contribution in [2.45, 2.75) is 6.18 Å². The van der Waals surface area contributed by atoms with Gasteiger partial charge in [-0.1, -0.05) is 11.6 Å². The minimum absolute atomic E-state index is 0.0215. The molecule has 2 nitrogen and oxygen atoms in total. The first kappa shape index (κ1) is 13.1. The van der Waals surface area contributed by atoms with Gasteiger partial charge in [-0.3, -0.25) is 0 Å². The molecule has 0 atom stereocenters. The molecule has 2 N–H and O–H groups in total. The molecular weight excluding hydrogens is 261 g/mol. The molecule has 0 saturated carbocycles. The quantitative estimate of drug-likeness (QED) is 0.765. The first-order chi connectivity index (χ1) is 7.34. The molecule has 0 aromatic heterocycles. The minimum Gasteiger partial charge on any atom is -0.366 e. The van der Waals surface area contributed by atoms with Gasteiger partial charge in [-0.25, -0.2) is 0 Å². The van der Waals surface area contributed by atoms with E-state index in [9.17, 15) is 13.2 Å². The van der Waals surface area contributed by atoms with Crippen molar-refractivity contribution in [1.82, 2.24) is 5.32 Å². The molecule has 1 aromatic rings. The van der Waals surface area contributed by atoms with E-state index < -0.39 is 11.7 Å². The topological polar surface area (TPSA) is 24.1 Å². The second kappa shape index (κ2) is 4.88. The highest BCUT2D eigenvalue weighted by Gasteiger charge is 2.33. The molecule has 88 valence electrons. The molecule has 1 rings (SSSR count). The Labute approximate surface area is 101 Å². The molecule has 0 amide bonds. The van der Waals surface area contributed by atoms with E-state index in [1.807, 2.05) is 0 Å². The van der Waals surface area contributed by atoms with Crippen molar-refractivity contribution < 1.29 is 13.2 Å². The number of thiocarbonyl (C=S) groups is 1. The molecule has 0 saturated heterocycles. The van der Waals surface area contributed by atoms with E-state index in [-0.39, 0.29) is 15.8 Å². The van der Waals surface area contributed by atoms with Crippen LogP contribution in [0.25, 0.3) is 0 Å². The van der Waals surface area contributed by atoms with Crippen LogP contribution in [0.1, 0.15) is 5.56 Å². The predicted molar refractivity (Wildman–Crippen MR) is 61.7 cm³/mol. The summed E-state index contributed by atoms with van der Waals surface area (Å²) in [5.74, 6) is 0. The van der Waals surface area contributed by atoms with E-state index in [0.29, 0.717) is 0 Å². The van der Waals surface area contributed by atoms with Gasteiger partial charge in [-0.15, -0.1) is 0 Å². The molecule has 16 heavy (non-hydrogen) atoms. The first-order valence-electron chi connectivity index (χ1n) is 4.20. The van der Waals surface area contributed by atoms with E-state index in [2.05, 4.69) is 10.6 Å². The van der Waals surface area contributed by atoms with E-state index in [4.69, 9.17) is 23.8 Å². The zero-order valence-corrected chi connectivity index (χ0v) is 9.72. The summed E-state index contributed by atoms with van der Waals surface area (Å²) in [7, 11) is 1.51. The smallest absolute Gasteiger partial charge is 0.366 e. The second-order valence-corrected chi connectivity index (χ2v) is 3.74. The second-order valence-electron chi connectivity index (χ2n) is 2.89. The van der Waals surface area contributed by atoms with Crippen LogP contribution in [-0.2, 0) is 6.18 Å². The van der Waals surface area contributed by atoms with Gasteiger partial charge in [0.25, 0.3) is 0 Å². The first-order valence-corrected chi connectivity index (χ1v) is 4.98. The largest absolute Gasteiger partial charge is 0.418 e. The summed E-state index contributed by atoms with van der Waals surface area (Å²) in [6.45, 7) is 0. The van der Waals surface area contributed by atoms with Gasteiger partial charge < -0.3 is 10.6 Å². The summed E-state index contributed by atoms with van der Waals surface area (Å²) in [6, 6.07) is 3.44. The average molecular weight is 269 g/mol. The third-order valence-electron chi connectivity index (χ3n) is 1.76. The molecule has 0 aliphatic carbocycles. The fourth-order valence-corrected chi connectivity index (χ4v) is 1.33. The molecule has 0 radical (unpaired) electrons. The maximum Gasteiger partial charge on any atom is 0.418 e. The maximum absolute atomic E-state index is 12.6. The van der Waals surface area contributed by atoms with Crippen molar-refractivity contribution in [3.05, 3.63) is 28.8 Å². The van der Waals surface area contributed by atoms with Crippen LogP contribution in [0.3, 0.4) is 0 Å². The highest BCUT2D eigenvalue weighted by molar-refractivity contribution is 7.80. The zero-order chi connectivity index (χ0) is 12.3. The molecule has 1 aromatic carbocycles. The van der Waals surface area contributed by atoms with E-state index >= 15 is 0 Å². The molecule has 7 heteroatoms. The van der Waals surface area contributed by atoms with Crippen molar-refractivity contribution in [1.29, 1.82) is 0 Å². The average Bonchev–Trinajstić information content (AvgIpc) is 2.19. The number of hydrogen-bond acceptors (Lipinski definition) is 1. The number of hydrogen-bond donors (Lipinski definition) is 2. The van der Waals surface area contributed by atoms with Crippen molar-refractivity contribution >= 4 is 34.6 Å². The van der Waals surface area contributed by atoms with Crippen LogP contribution < -0.4 is 10.6 Å². The third kappa shape index (κ3) is 3.24. The Kier molecular flexibility index (Phi) is 3.98. The summed E-state index contributed by atoms with van der Waals surface area (Å²) >= 11 is 10.2. The lowest BCUT2D eigenvalue weighted by atomic mass is 10.1. The Morgan fingerprint density at radius 1 is 1.38 bits per heavy atom. The van der Waals surface area contributed by atoms with Crippen LogP contribution in [0.15, 0.2) is 18.2 Å². The number of anilines is 1. The van der Waals surface area contributed by atoms with Crippen molar-refractivity contribution in [3.8, 4) is 0 Å². The Morgan fingerprint density at radius 2 is 2.00 bits per heavy atom. The summed E-state index contributed by atoms with van der Waals surface area (Å²) in [5.41, 5.74) is -0.978. The number of nitrogens with one attached hydrogen (secondary N) is 2. The van der Waals surface area contributed by atoms with Gasteiger partial charge >= 0.3 is 6.18 Å². The van der Waals surface area contributed by atoms with Gasteiger partial charge in [0.1, 0.15) is 0 Å². The van der Waals surface area contributed by atoms with Gasteiger partial charge in [-0.2, -0.15) is 13.2 Å². The predicted octanol–water partition coefficient (Wildman–Crippen LogP) is 3.28. The molecule has 0 spiro atoms. The van der Waals surface area contributed by atoms with Crippen LogP contribution in [0.2, 0.25) is 5.02 Å². The van der Waals surface area contributed by atoms with E-state index in [1.54, 1.807) is 0 Å². The van der Waals surface area contributed by atoms with E-state index in [1.165, 1.54) is 19.2 Å². The van der Waals surface area contributed by atoms with Gasteiger partial charge in [0.2, 0.25) is 0 Å². The molecule has 0 aliphatic heterocycles. The SMILES string of the molecule is CNC(=S)Nc1ccc(Cl)cc1C(F)(F)F. The number of halogens is 4.